The van der Waals surface area contributed by atoms with E-state index in [2.05, 4.69) is 0 Å². The smallest absolute Gasteiger partial charge is 0.326 e. The minimum atomic E-state index is -1.50. The molecule has 0 saturated heterocycles. The fraction of sp³-hybridized carbons (Fsp3) is 0.655. The Hall–Kier alpha value is -2.94. The van der Waals surface area contributed by atoms with Crippen molar-refractivity contribution in [2.24, 2.45) is 23.5 Å². The number of methoxy groups -OCH3 is 1. The molecule has 3 atom stereocenters. The van der Waals surface area contributed by atoms with Crippen molar-refractivity contribution in [3.8, 4) is 11.5 Å². The van der Waals surface area contributed by atoms with Crippen LogP contribution in [0.3, 0.4) is 0 Å². The second-order valence-corrected chi connectivity index (χ2v) is 10.6. The zero-order valence-corrected chi connectivity index (χ0v) is 24.0. The van der Waals surface area contributed by atoms with E-state index in [1.807, 2.05) is 41.5 Å². The van der Waals surface area contributed by atoms with Crippen LogP contribution in [-0.4, -0.2) is 43.1 Å². The van der Waals surface area contributed by atoms with E-state index in [-0.39, 0.29) is 73.9 Å². The SMILES string of the molecule is CCC(C)CC(=O)Oc1ccc(C[C@](N)(CCOC(=O)CC(C)C)C(=O)OC)cc1OC(=O)CC(C)CC. The molecule has 214 valence electrons. The molecule has 0 saturated carbocycles. The molecule has 0 radical (unpaired) electrons. The van der Waals surface area contributed by atoms with E-state index in [4.69, 9.17) is 24.7 Å². The van der Waals surface area contributed by atoms with Gasteiger partial charge in [-0.25, -0.2) is 0 Å². The van der Waals surface area contributed by atoms with E-state index < -0.39 is 23.4 Å². The van der Waals surface area contributed by atoms with Crippen molar-refractivity contribution in [1.82, 2.24) is 0 Å². The molecule has 1 aromatic carbocycles. The van der Waals surface area contributed by atoms with Crippen molar-refractivity contribution in [3.05, 3.63) is 23.8 Å². The summed E-state index contributed by atoms with van der Waals surface area (Å²) < 4.78 is 21.3. The lowest BCUT2D eigenvalue weighted by Gasteiger charge is -2.27. The molecular formula is C29H45NO8. The quantitative estimate of drug-likeness (QED) is 0.235. The molecule has 2 N–H and O–H groups in total. The number of nitrogens with two attached hydrogens (primary N) is 1. The Morgan fingerprint density at radius 2 is 1.39 bits per heavy atom. The Morgan fingerprint density at radius 1 is 0.842 bits per heavy atom. The average Bonchev–Trinajstić information content (AvgIpc) is 2.84. The third-order valence-electron chi connectivity index (χ3n) is 6.38. The Labute approximate surface area is 226 Å². The molecule has 2 unspecified atom stereocenters. The number of hydrogen-bond donors (Lipinski definition) is 1. The first-order valence-electron chi connectivity index (χ1n) is 13.4. The summed E-state index contributed by atoms with van der Waals surface area (Å²) in [6.07, 6.45) is 2.36. The van der Waals surface area contributed by atoms with Gasteiger partial charge in [-0.15, -0.1) is 0 Å². The fourth-order valence-corrected chi connectivity index (χ4v) is 3.58. The predicted molar refractivity (Wildman–Crippen MR) is 144 cm³/mol. The van der Waals surface area contributed by atoms with Crippen molar-refractivity contribution in [2.75, 3.05) is 13.7 Å². The monoisotopic (exact) mass is 535 g/mol. The molecule has 0 heterocycles. The molecule has 9 heteroatoms. The lowest BCUT2D eigenvalue weighted by atomic mass is 9.88. The van der Waals surface area contributed by atoms with Crippen LogP contribution in [0.5, 0.6) is 11.5 Å². The van der Waals surface area contributed by atoms with Crippen LogP contribution in [0.15, 0.2) is 18.2 Å². The van der Waals surface area contributed by atoms with Gasteiger partial charge in [-0.1, -0.05) is 60.5 Å². The molecule has 9 nitrogen and oxygen atoms in total. The fourth-order valence-electron chi connectivity index (χ4n) is 3.58. The third kappa shape index (κ3) is 11.6. The summed E-state index contributed by atoms with van der Waals surface area (Å²) in [6.45, 7) is 11.6. The van der Waals surface area contributed by atoms with Gasteiger partial charge in [0.1, 0.15) is 5.54 Å². The maximum atomic E-state index is 12.6. The molecule has 1 aromatic rings. The molecule has 0 aliphatic heterocycles. The molecule has 0 aliphatic rings. The normalized spacial score (nSPS) is 14.2. The zero-order valence-electron chi connectivity index (χ0n) is 24.0. The highest BCUT2D eigenvalue weighted by atomic mass is 16.6. The summed E-state index contributed by atoms with van der Waals surface area (Å²) >= 11 is 0. The van der Waals surface area contributed by atoms with E-state index in [0.717, 1.165) is 12.8 Å². The van der Waals surface area contributed by atoms with Crippen LogP contribution in [0, 0.1) is 17.8 Å². The Bertz CT molecular complexity index is 945. The molecule has 1 rings (SSSR count). The van der Waals surface area contributed by atoms with Crippen molar-refractivity contribution in [2.45, 2.75) is 92.0 Å². The first-order valence-corrected chi connectivity index (χ1v) is 13.4. The first-order chi connectivity index (χ1) is 17.8. The first kappa shape index (κ1) is 33.1. The molecular weight excluding hydrogens is 490 g/mol. The highest BCUT2D eigenvalue weighted by Crippen LogP contribution is 2.32. The van der Waals surface area contributed by atoms with Gasteiger partial charge in [0.15, 0.2) is 11.5 Å². The summed E-state index contributed by atoms with van der Waals surface area (Å²) in [7, 11) is 1.23. The summed E-state index contributed by atoms with van der Waals surface area (Å²) in [5, 5.41) is 0. The Balaban J connectivity index is 3.18. The standard InChI is InChI=1S/C29H45NO8/c1-8-20(5)15-26(32)37-23-11-10-22(17-24(23)38-27(33)16-21(6)9-2)18-29(30,28(34)35-7)12-13-36-25(31)14-19(3)4/h10-11,17,19-21H,8-9,12-16,18,30H2,1-7H3/t20?,21?,29-/m1/s1. The van der Waals surface area contributed by atoms with Crippen molar-refractivity contribution in [1.29, 1.82) is 0 Å². The number of rotatable bonds is 16. The van der Waals surface area contributed by atoms with Gasteiger partial charge < -0.3 is 24.7 Å². The average molecular weight is 536 g/mol. The van der Waals surface area contributed by atoms with Crippen molar-refractivity contribution in [3.63, 3.8) is 0 Å². The van der Waals surface area contributed by atoms with Crippen LogP contribution in [0.2, 0.25) is 0 Å². The number of hydrogen-bond acceptors (Lipinski definition) is 9. The van der Waals surface area contributed by atoms with Crippen molar-refractivity contribution >= 4 is 23.9 Å². The van der Waals surface area contributed by atoms with Gasteiger partial charge in [-0.3, -0.25) is 19.2 Å². The van der Waals surface area contributed by atoms with Crippen LogP contribution in [0.25, 0.3) is 0 Å². The molecule has 0 spiro atoms. The van der Waals surface area contributed by atoms with Gasteiger partial charge in [0.25, 0.3) is 0 Å². The van der Waals surface area contributed by atoms with E-state index >= 15 is 0 Å². The second-order valence-electron chi connectivity index (χ2n) is 10.6. The lowest BCUT2D eigenvalue weighted by molar-refractivity contribution is -0.151. The summed E-state index contributed by atoms with van der Waals surface area (Å²) in [6, 6.07) is 4.71. The maximum absolute atomic E-state index is 12.6. The maximum Gasteiger partial charge on any atom is 0.326 e. The number of benzene rings is 1. The number of esters is 4. The lowest BCUT2D eigenvalue weighted by Crippen LogP contribution is -2.51. The molecule has 38 heavy (non-hydrogen) atoms. The highest BCUT2D eigenvalue weighted by molar-refractivity contribution is 5.81. The highest BCUT2D eigenvalue weighted by Gasteiger charge is 2.36. The van der Waals surface area contributed by atoms with E-state index in [1.165, 1.54) is 19.2 Å². The Kier molecular flexibility index (Phi) is 14.0. The topological polar surface area (TPSA) is 131 Å². The van der Waals surface area contributed by atoms with E-state index in [1.54, 1.807) is 6.07 Å². The molecule has 0 bridgehead atoms. The minimum Gasteiger partial charge on any atom is -0.468 e. The molecule has 0 amide bonds. The van der Waals surface area contributed by atoms with Gasteiger partial charge in [0.2, 0.25) is 0 Å². The van der Waals surface area contributed by atoms with E-state index in [0.29, 0.717) is 5.56 Å². The van der Waals surface area contributed by atoms with Crippen LogP contribution < -0.4 is 15.2 Å². The van der Waals surface area contributed by atoms with Gasteiger partial charge in [0, 0.05) is 32.1 Å². The van der Waals surface area contributed by atoms with Gasteiger partial charge in [-0.05, 0) is 35.4 Å². The minimum absolute atomic E-state index is 0.0123. The van der Waals surface area contributed by atoms with Crippen LogP contribution in [0.1, 0.15) is 85.6 Å². The van der Waals surface area contributed by atoms with Gasteiger partial charge in [0.05, 0.1) is 13.7 Å². The zero-order chi connectivity index (χ0) is 28.9. The van der Waals surface area contributed by atoms with E-state index in [9.17, 15) is 19.2 Å². The summed E-state index contributed by atoms with van der Waals surface area (Å²) in [5.74, 6) is -1.33. The summed E-state index contributed by atoms with van der Waals surface area (Å²) in [5.41, 5.74) is 5.49. The van der Waals surface area contributed by atoms with Crippen LogP contribution >= 0.6 is 0 Å². The molecule has 0 aromatic heterocycles. The largest absolute Gasteiger partial charge is 0.468 e. The molecule has 0 fully saturated rings. The summed E-state index contributed by atoms with van der Waals surface area (Å²) in [4.78, 5) is 49.5. The second kappa shape index (κ2) is 16.1. The van der Waals surface area contributed by atoms with Crippen molar-refractivity contribution < 1.29 is 38.1 Å². The predicted octanol–water partition coefficient (Wildman–Crippen LogP) is 4.76. The Morgan fingerprint density at radius 3 is 1.89 bits per heavy atom. The van der Waals surface area contributed by atoms with Crippen LogP contribution in [-0.2, 0) is 35.1 Å². The number of carbonyl (C=O) groups is 4. The number of carbonyl (C=O) groups excluding carboxylic acids is 4. The van der Waals surface area contributed by atoms with Crippen LogP contribution in [0.4, 0.5) is 0 Å². The van der Waals surface area contributed by atoms with Gasteiger partial charge in [-0.2, -0.15) is 0 Å². The third-order valence-corrected chi connectivity index (χ3v) is 6.38. The van der Waals surface area contributed by atoms with Gasteiger partial charge >= 0.3 is 23.9 Å². The number of ether oxygens (including phenoxy) is 4. The molecule has 0 aliphatic carbocycles.